The zero-order chi connectivity index (χ0) is 64.8. The summed E-state index contributed by atoms with van der Waals surface area (Å²) in [6.07, 6.45) is 2.22. The molecular weight excluding hydrogens is 1270 g/mol. The first-order valence-electron chi connectivity index (χ1n) is 31.4. The van der Waals surface area contributed by atoms with Crippen LogP contribution in [0.25, 0.3) is 4.85 Å². The van der Waals surface area contributed by atoms with Gasteiger partial charge in [-0.15, -0.1) is 0 Å². The molecule has 30 heteroatoms. The molecule has 4 saturated heterocycles. The Bertz CT molecular complexity index is 3330. The van der Waals surface area contributed by atoms with Gasteiger partial charge in [-0.2, -0.15) is 5.26 Å². The number of ether oxygens (including phenoxy) is 4. The van der Waals surface area contributed by atoms with Crippen molar-refractivity contribution in [3.05, 3.63) is 122 Å². The number of hydrogen-bond donors (Lipinski definition) is 8. The summed E-state index contributed by atoms with van der Waals surface area (Å²) in [6.45, 7) is 19.8. The van der Waals surface area contributed by atoms with Gasteiger partial charge in [-0.3, -0.25) is 19.6 Å². The fourth-order valence-electron chi connectivity index (χ4n) is 12.9. The minimum Gasteiger partial charge on any atom is -0.481 e. The van der Waals surface area contributed by atoms with Gasteiger partial charge in [-0.05, 0) is 135 Å². The van der Waals surface area contributed by atoms with Crippen LogP contribution < -0.4 is 50.8 Å². The first-order chi connectivity index (χ1) is 44.4. The van der Waals surface area contributed by atoms with Crippen LogP contribution in [0.2, 0.25) is 10.0 Å². The number of urea groups is 2. The number of rotatable bonds is 29. The molecule has 10 rings (SSSR count). The summed E-state index contributed by atoms with van der Waals surface area (Å²) in [7, 11) is -8.14. The van der Waals surface area contributed by atoms with Crippen molar-refractivity contribution in [3.8, 4) is 17.6 Å². The lowest BCUT2D eigenvalue weighted by atomic mass is 10.0. The minimum absolute atomic E-state index is 0.0911. The van der Waals surface area contributed by atoms with Crippen LogP contribution in [0.1, 0.15) is 65.7 Å². The standard InChI is InChI=1S/C62H80Cl2F2N14O10S2/c1-68-54-33-43(64)32-51-49(54)37-56(80-22-14-70-15-23-80)60(51)90-58-7-5-47(35-53(58)66)92(85,86)76-45-9-19-78(40-45)25-29-88-27-17-74-62(82)72-11-3-2-10-71-61(81)73-16-26-87-28-24-77-18-8-44(39-77)75-91(83,84)46-4-6-57(52(65)34-46)89-59-50-31-42(63)30-41(38-67)48(50)36-55(59)79-20-12-69-13-21-79/h4-7,30-35,44-45,55-56,59-60,69-70,75-76H,2-3,8-29,36-37,39-40H2,(H2,71,73,81)(H2,72,74,82)/t44-,45-,55+,56+,59+,60+/m1/s1. The average molecular weight is 1350 g/mol. The van der Waals surface area contributed by atoms with E-state index in [1.807, 2.05) is 0 Å². The van der Waals surface area contributed by atoms with Gasteiger partial charge in [0.1, 0.15) is 12.2 Å². The molecule has 8 N–H and O–H groups in total. The molecule has 4 amide bonds. The fraction of sp³-hybridized carbons (Fsp3) is 0.548. The second-order valence-corrected chi connectivity index (χ2v) is 28.0. The predicted molar refractivity (Wildman–Crippen MR) is 341 cm³/mol. The Labute approximate surface area is 546 Å². The van der Waals surface area contributed by atoms with E-state index in [0.717, 1.165) is 86.7 Å². The lowest BCUT2D eigenvalue weighted by molar-refractivity contribution is 0.0667. The van der Waals surface area contributed by atoms with Gasteiger partial charge in [0.25, 0.3) is 0 Å². The summed E-state index contributed by atoms with van der Waals surface area (Å²) in [5.41, 5.74) is 3.99. The molecule has 0 spiro atoms. The Morgan fingerprint density at radius 2 is 1.07 bits per heavy atom. The van der Waals surface area contributed by atoms with Gasteiger partial charge in [0, 0.05) is 127 Å². The van der Waals surface area contributed by atoms with Crippen LogP contribution in [-0.4, -0.2) is 217 Å². The summed E-state index contributed by atoms with van der Waals surface area (Å²) in [5.74, 6) is -1.82. The number of carbonyl (C=O) groups excluding carboxylic acids is 2. The molecule has 2 aliphatic carbocycles. The minimum atomic E-state index is -4.07. The van der Waals surface area contributed by atoms with Crippen molar-refractivity contribution < 1.29 is 54.2 Å². The number of amides is 4. The molecule has 0 unspecified atom stereocenters. The van der Waals surface area contributed by atoms with E-state index in [2.05, 4.69) is 71.9 Å². The zero-order valence-corrected chi connectivity index (χ0v) is 54.3. The number of piperazine rings is 2. The lowest BCUT2D eigenvalue weighted by Gasteiger charge is -2.36. The molecule has 4 aliphatic heterocycles. The number of likely N-dealkylation sites (tertiary alicyclic amines) is 2. The quantitative estimate of drug-likeness (QED) is 0.0276. The second kappa shape index (κ2) is 32.4. The maximum absolute atomic E-state index is 15.8. The lowest BCUT2D eigenvalue weighted by Crippen LogP contribution is -2.50. The van der Waals surface area contributed by atoms with E-state index in [-0.39, 0.29) is 77.8 Å². The Kier molecular flexibility index (Phi) is 24.2. The Hall–Kier alpha value is -6.06. The van der Waals surface area contributed by atoms with Crippen molar-refractivity contribution in [3.63, 3.8) is 0 Å². The number of benzene rings is 4. The molecule has 6 atom stereocenters. The first kappa shape index (κ1) is 68.8. The molecule has 498 valence electrons. The zero-order valence-electron chi connectivity index (χ0n) is 51.1. The van der Waals surface area contributed by atoms with Crippen LogP contribution in [0, 0.1) is 29.5 Å². The summed E-state index contributed by atoms with van der Waals surface area (Å²) < 4.78 is 115. The van der Waals surface area contributed by atoms with E-state index in [1.54, 1.807) is 24.3 Å². The summed E-state index contributed by atoms with van der Waals surface area (Å²) in [5, 5.41) is 28.4. The monoisotopic (exact) mass is 1350 g/mol. The Balaban J connectivity index is 0.531. The van der Waals surface area contributed by atoms with Gasteiger partial charge in [0.2, 0.25) is 20.0 Å². The average Bonchev–Trinajstić information content (AvgIpc) is 1.61. The number of unbranched alkanes of at least 4 members (excludes halogenated alkanes) is 1. The maximum Gasteiger partial charge on any atom is 0.314 e. The predicted octanol–water partition coefficient (Wildman–Crippen LogP) is 4.41. The molecule has 0 aromatic heterocycles. The number of carbonyl (C=O) groups is 2. The van der Waals surface area contributed by atoms with Crippen LogP contribution in [0.5, 0.6) is 11.5 Å². The molecule has 4 heterocycles. The Morgan fingerprint density at radius 3 is 1.52 bits per heavy atom. The van der Waals surface area contributed by atoms with Crippen molar-refractivity contribution in [2.45, 2.75) is 84.7 Å². The van der Waals surface area contributed by atoms with Crippen molar-refractivity contribution >= 4 is 61.0 Å². The van der Waals surface area contributed by atoms with Gasteiger partial charge in [0.15, 0.2) is 28.8 Å². The second-order valence-electron chi connectivity index (χ2n) is 23.7. The highest BCUT2D eigenvalue weighted by Crippen LogP contribution is 2.45. The molecule has 6 aliphatic rings. The van der Waals surface area contributed by atoms with Crippen LogP contribution >= 0.6 is 23.2 Å². The van der Waals surface area contributed by atoms with E-state index < -0.39 is 49.9 Å². The maximum atomic E-state index is 15.8. The number of sulfonamides is 2. The number of halogens is 4. The smallest absolute Gasteiger partial charge is 0.314 e. The highest BCUT2D eigenvalue weighted by Gasteiger charge is 2.43. The van der Waals surface area contributed by atoms with Crippen LogP contribution in [-0.2, 0) is 42.4 Å². The molecule has 4 aromatic rings. The highest BCUT2D eigenvalue weighted by atomic mass is 35.5. The first-order valence-corrected chi connectivity index (χ1v) is 35.1. The SMILES string of the molecule is [C-]#[N+]c1cc(Cl)cc2c1C[C@H](N1CCNCC1)[C@H]2Oc1ccc(S(=O)(=O)N[C@@H]2CCN(CCOCCNC(=O)NCCCCNC(=O)NCCOCCN3CC[C@@H](NS(=O)(=O)c4ccc(O[C@H]5c6cc(Cl)cc(C#N)c6C[C@@H]5N5CCNCC5)c(F)c4)C3)C2)cc1F. The van der Waals surface area contributed by atoms with E-state index in [1.165, 1.54) is 24.3 Å². The van der Waals surface area contributed by atoms with Crippen LogP contribution in [0.3, 0.4) is 0 Å². The van der Waals surface area contributed by atoms with Gasteiger partial charge in [0.05, 0.1) is 66.5 Å². The third-order valence-electron chi connectivity index (χ3n) is 17.6. The molecular formula is C62H80Cl2F2N14O10S2. The van der Waals surface area contributed by atoms with Crippen LogP contribution in [0.4, 0.5) is 24.1 Å². The van der Waals surface area contributed by atoms with Crippen molar-refractivity contribution in [1.29, 1.82) is 5.26 Å². The molecule has 0 bridgehead atoms. The largest absolute Gasteiger partial charge is 0.481 e. The Morgan fingerprint density at radius 1 is 0.620 bits per heavy atom. The third-order valence-corrected chi connectivity index (χ3v) is 21.0. The number of nitriles is 1. The highest BCUT2D eigenvalue weighted by molar-refractivity contribution is 7.89. The van der Waals surface area contributed by atoms with Crippen molar-refractivity contribution in [2.75, 3.05) is 144 Å². The van der Waals surface area contributed by atoms with Gasteiger partial charge < -0.3 is 50.8 Å². The summed E-state index contributed by atoms with van der Waals surface area (Å²) in [6, 6.07) is 14.5. The van der Waals surface area contributed by atoms with E-state index >= 15 is 8.78 Å². The molecule has 24 nitrogen and oxygen atoms in total. The number of fused-ring (bicyclic) bond motifs is 2. The summed E-state index contributed by atoms with van der Waals surface area (Å²) >= 11 is 12.8. The third kappa shape index (κ3) is 18.0. The normalized spacial score (nSPS) is 22.1. The van der Waals surface area contributed by atoms with Crippen molar-refractivity contribution in [1.82, 2.24) is 60.9 Å². The molecule has 92 heavy (non-hydrogen) atoms. The molecule has 0 saturated carbocycles. The molecule has 4 aromatic carbocycles. The molecule has 4 fully saturated rings. The van der Waals surface area contributed by atoms with E-state index in [0.29, 0.717) is 125 Å². The number of hydrogen-bond acceptors (Lipinski definition) is 17. The summed E-state index contributed by atoms with van der Waals surface area (Å²) in [4.78, 5) is 36.6. The molecule has 0 radical (unpaired) electrons. The fourth-order valence-corrected chi connectivity index (χ4v) is 15.9. The topological polar surface area (TPSA) is 277 Å². The van der Waals surface area contributed by atoms with Gasteiger partial charge in [-0.25, -0.2) is 49.5 Å². The van der Waals surface area contributed by atoms with Gasteiger partial charge in [-0.1, -0.05) is 23.2 Å². The van der Waals surface area contributed by atoms with Crippen molar-refractivity contribution in [2.24, 2.45) is 0 Å². The van der Waals surface area contributed by atoms with E-state index in [4.69, 9.17) is 48.7 Å². The van der Waals surface area contributed by atoms with E-state index in [9.17, 15) is 31.7 Å². The number of nitrogens with zero attached hydrogens (tertiary/aromatic N) is 6. The van der Waals surface area contributed by atoms with Gasteiger partial charge >= 0.3 is 12.1 Å². The number of nitrogens with one attached hydrogen (secondary N) is 8. The van der Waals surface area contributed by atoms with Crippen LogP contribution in [0.15, 0.2) is 70.5 Å².